The first-order valence-corrected chi connectivity index (χ1v) is 8.98. The van der Waals surface area contributed by atoms with Crippen molar-refractivity contribution in [2.45, 2.75) is 27.2 Å². The smallest absolute Gasteiger partial charge is 0.266 e. The molecule has 3 aromatic rings. The highest BCUT2D eigenvalue weighted by Crippen LogP contribution is 2.26. The fourth-order valence-electron chi connectivity index (χ4n) is 2.88. The Hall–Kier alpha value is -2.94. The molecule has 2 aromatic heterocycles. The van der Waals surface area contributed by atoms with Crippen LogP contribution in [0.2, 0.25) is 0 Å². The molecule has 0 saturated heterocycles. The summed E-state index contributed by atoms with van der Waals surface area (Å²) >= 11 is 3.36. The van der Waals surface area contributed by atoms with E-state index in [0.717, 1.165) is 15.7 Å². The predicted molar refractivity (Wildman–Crippen MR) is 106 cm³/mol. The van der Waals surface area contributed by atoms with Crippen LogP contribution in [-0.2, 0) is 16.0 Å². The SMILES string of the molecule is CC(=O)Nc1ccc(Br)cc1NC(=O)Cc1c(C)nc2cc(=O)[nH]n2c1C. The molecule has 2 amide bonds. The van der Waals surface area contributed by atoms with Gasteiger partial charge in [0.05, 0.1) is 17.8 Å². The van der Waals surface area contributed by atoms with Crippen LogP contribution in [0.1, 0.15) is 23.9 Å². The average molecular weight is 432 g/mol. The lowest BCUT2D eigenvalue weighted by atomic mass is 10.1. The summed E-state index contributed by atoms with van der Waals surface area (Å²) in [6.45, 7) is 5.02. The number of anilines is 2. The Morgan fingerprint density at radius 3 is 2.63 bits per heavy atom. The number of aromatic amines is 1. The number of fused-ring (bicyclic) bond motifs is 1. The minimum absolute atomic E-state index is 0.0762. The Morgan fingerprint density at radius 2 is 1.93 bits per heavy atom. The van der Waals surface area contributed by atoms with Crippen LogP contribution in [0.25, 0.3) is 5.65 Å². The Labute approximate surface area is 163 Å². The lowest BCUT2D eigenvalue weighted by Gasteiger charge is -2.14. The van der Waals surface area contributed by atoms with E-state index in [-0.39, 0.29) is 23.8 Å². The molecular weight excluding hydrogens is 414 g/mol. The minimum atomic E-state index is -0.262. The van der Waals surface area contributed by atoms with E-state index in [1.807, 2.05) is 6.92 Å². The molecule has 0 bridgehead atoms. The zero-order chi connectivity index (χ0) is 19.7. The van der Waals surface area contributed by atoms with E-state index in [9.17, 15) is 14.4 Å². The Morgan fingerprint density at radius 1 is 1.19 bits per heavy atom. The second-order valence-corrected chi connectivity index (χ2v) is 7.09. The molecule has 8 nitrogen and oxygen atoms in total. The Bertz CT molecular complexity index is 1120. The van der Waals surface area contributed by atoms with Crippen molar-refractivity contribution in [3.05, 3.63) is 56.0 Å². The van der Waals surface area contributed by atoms with Gasteiger partial charge >= 0.3 is 0 Å². The maximum absolute atomic E-state index is 12.6. The zero-order valence-corrected chi connectivity index (χ0v) is 16.6. The quantitative estimate of drug-likeness (QED) is 0.589. The number of benzene rings is 1. The molecule has 2 heterocycles. The van der Waals surface area contributed by atoms with Gasteiger partial charge in [0, 0.05) is 34.4 Å². The first-order valence-electron chi connectivity index (χ1n) is 8.19. The van der Waals surface area contributed by atoms with Crippen molar-refractivity contribution < 1.29 is 9.59 Å². The van der Waals surface area contributed by atoms with E-state index in [1.54, 1.807) is 29.6 Å². The molecule has 27 heavy (non-hydrogen) atoms. The van der Waals surface area contributed by atoms with Gasteiger partial charge in [0.15, 0.2) is 5.65 Å². The summed E-state index contributed by atoms with van der Waals surface area (Å²) in [7, 11) is 0. The molecule has 0 aliphatic heterocycles. The number of hydrogen-bond acceptors (Lipinski definition) is 4. The summed E-state index contributed by atoms with van der Waals surface area (Å²) in [4.78, 5) is 39.9. The van der Waals surface area contributed by atoms with Gasteiger partial charge in [-0.15, -0.1) is 0 Å². The number of nitrogens with one attached hydrogen (secondary N) is 3. The highest BCUT2D eigenvalue weighted by atomic mass is 79.9. The van der Waals surface area contributed by atoms with Crippen LogP contribution < -0.4 is 16.2 Å². The summed E-state index contributed by atoms with van der Waals surface area (Å²) in [6.07, 6.45) is 0.0762. The van der Waals surface area contributed by atoms with Crippen molar-refractivity contribution in [3.8, 4) is 0 Å². The van der Waals surface area contributed by atoms with Crippen molar-refractivity contribution in [1.29, 1.82) is 0 Å². The van der Waals surface area contributed by atoms with Crippen LogP contribution in [0.3, 0.4) is 0 Å². The lowest BCUT2D eigenvalue weighted by Crippen LogP contribution is -2.19. The number of carbonyl (C=O) groups is 2. The van der Waals surface area contributed by atoms with Crippen molar-refractivity contribution in [2.24, 2.45) is 0 Å². The number of amides is 2. The van der Waals surface area contributed by atoms with Crippen LogP contribution >= 0.6 is 15.9 Å². The molecule has 1 aromatic carbocycles. The Kier molecular flexibility index (Phi) is 5.13. The average Bonchev–Trinajstić information content (AvgIpc) is 2.94. The fraction of sp³-hybridized carbons (Fsp3) is 0.222. The second kappa shape index (κ2) is 7.36. The monoisotopic (exact) mass is 431 g/mol. The summed E-state index contributed by atoms with van der Waals surface area (Å²) in [6, 6.07) is 6.60. The highest BCUT2D eigenvalue weighted by molar-refractivity contribution is 9.10. The standard InChI is InChI=1S/C18H18BrN5O3/c1-9-13(10(2)24-16(20-9)8-18(27)23-24)7-17(26)22-15-6-12(19)4-5-14(15)21-11(3)25/h4-6,8H,7H2,1-3H3,(H,21,25)(H,22,26)(H,23,27). The van der Waals surface area contributed by atoms with Crippen molar-refractivity contribution in [3.63, 3.8) is 0 Å². The first kappa shape index (κ1) is 18.8. The van der Waals surface area contributed by atoms with E-state index in [1.165, 1.54) is 13.0 Å². The van der Waals surface area contributed by atoms with Crippen LogP contribution in [0.15, 0.2) is 33.5 Å². The van der Waals surface area contributed by atoms with E-state index >= 15 is 0 Å². The number of aromatic nitrogens is 3. The van der Waals surface area contributed by atoms with Crippen molar-refractivity contribution >= 4 is 44.8 Å². The highest BCUT2D eigenvalue weighted by Gasteiger charge is 2.15. The molecule has 0 aliphatic rings. The summed E-state index contributed by atoms with van der Waals surface area (Å²) in [5.74, 6) is -0.493. The van der Waals surface area contributed by atoms with Gasteiger partial charge in [-0.05, 0) is 32.0 Å². The third-order valence-electron chi connectivity index (χ3n) is 4.11. The molecule has 0 atom stereocenters. The molecule has 3 N–H and O–H groups in total. The van der Waals surface area contributed by atoms with Crippen LogP contribution in [0.4, 0.5) is 11.4 Å². The minimum Gasteiger partial charge on any atom is -0.325 e. The van der Waals surface area contributed by atoms with Crippen LogP contribution in [-0.4, -0.2) is 26.4 Å². The van der Waals surface area contributed by atoms with Crippen LogP contribution in [0.5, 0.6) is 0 Å². The molecule has 0 unspecified atom stereocenters. The second-order valence-electron chi connectivity index (χ2n) is 6.17. The lowest BCUT2D eigenvalue weighted by molar-refractivity contribution is -0.116. The molecule has 0 saturated carbocycles. The number of hydrogen-bond donors (Lipinski definition) is 3. The topological polar surface area (TPSA) is 108 Å². The number of aryl methyl sites for hydroxylation is 2. The molecular formula is C18H18BrN5O3. The van der Waals surface area contributed by atoms with Gasteiger partial charge in [-0.2, -0.15) is 0 Å². The molecule has 0 fully saturated rings. The molecule has 0 spiro atoms. The summed E-state index contributed by atoms with van der Waals surface area (Å²) in [5.41, 5.74) is 3.41. The van der Waals surface area contributed by atoms with E-state index in [4.69, 9.17) is 0 Å². The number of rotatable bonds is 4. The number of carbonyl (C=O) groups excluding carboxylic acids is 2. The van der Waals surface area contributed by atoms with Crippen molar-refractivity contribution in [1.82, 2.24) is 14.6 Å². The first-order chi connectivity index (χ1) is 12.7. The molecule has 140 valence electrons. The van der Waals surface area contributed by atoms with Gasteiger partial charge in [-0.3, -0.25) is 19.5 Å². The Balaban J connectivity index is 1.89. The largest absolute Gasteiger partial charge is 0.325 e. The number of H-pyrrole nitrogens is 1. The molecule has 9 heteroatoms. The molecule has 0 radical (unpaired) electrons. The maximum atomic E-state index is 12.6. The summed E-state index contributed by atoms with van der Waals surface area (Å²) in [5, 5.41) is 8.18. The van der Waals surface area contributed by atoms with Crippen LogP contribution in [0, 0.1) is 13.8 Å². The predicted octanol–water partition coefficient (Wildman–Crippen LogP) is 2.54. The normalized spacial score (nSPS) is 10.8. The van der Waals surface area contributed by atoms with Gasteiger partial charge in [-0.25, -0.2) is 9.50 Å². The van der Waals surface area contributed by atoms with Crippen molar-refractivity contribution in [2.75, 3.05) is 10.6 Å². The molecule has 3 rings (SSSR count). The van der Waals surface area contributed by atoms with Gasteiger partial charge in [0.2, 0.25) is 11.8 Å². The number of nitrogens with zero attached hydrogens (tertiary/aromatic N) is 2. The van der Waals surface area contributed by atoms with Gasteiger partial charge < -0.3 is 10.6 Å². The van der Waals surface area contributed by atoms with Gasteiger partial charge in [-0.1, -0.05) is 15.9 Å². The van der Waals surface area contributed by atoms with E-state index in [2.05, 4.69) is 36.6 Å². The van der Waals surface area contributed by atoms with Gasteiger partial charge in [0.1, 0.15) is 0 Å². The summed E-state index contributed by atoms with van der Waals surface area (Å²) < 4.78 is 2.34. The molecule has 0 aliphatic carbocycles. The van der Waals surface area contributed by atoms with Gasteiger partial charge in [0.25, 0.3) is 5.56 Å². The fourth-order valence-corrected chi connectivity index (χ4v) is 3.25. The third kappa shape index (κ3) is 4.08. The third-order valence-corrected chi connectivity index (χ3v) is 4.60. The maximum Gasteiger partial charge on any atom is 0.266 e. The number of halogens is 1. The zero-order valence-electron chi connectivity index (χ0n) is 15.0. The van der Waals surface area contributed by atoms with E-state index in [0.29, 0.717) is 22.7 Å². The van der Waals surface area contributed by atoms with E-state index < -0.39 is 0 Å².